The molecule has 0 aliphatic carbocycles. The van der Waals surface area contributed by atoms with Gasteiger partial charge < -0.3 is 19.0 Å². The first-order valence-electron chi connectivity index (χ1n) is 9.43. The highest BCUT2D eigenvalue weighted by Crippen LogP contribution is 2.28. The van der Waals surface area contributed by atoms with Crippen molar-refractivity contribution in [1.29, 1.82) is 0 Å². The van der Waals surface area contributed by atoms with Crippen LogP contribution in [0.1, 0.15) is 46.5 Å². The number of amides is 1. The number of nitrogens with zero attached hydrogens (tertiary/aromatic N) is 2. The molecule has 1 aliphatic heterocycles. The number of aryl methyl sites for hydroxylation is 1. The lowest BCUT2D eigenvalue weighted by atomic mass is 10.1. The molecule has 8 heteroatoms. The molecule has 0 saturated carbocycles. The summed E-state index contributed by atoms with van der Waals surface area (Å²) < 4.78 is 10.9. The van der Waals surface area contributed by atoms with Crippen LogP contribution in [-0.4, -0.2) is 34.4 Å². The summed E-state index contributed by atoms with van der Waals surface area (Å²) in [7, 11) is 1.55. The van der Waals surface area contributed by atoms with Crippen LogP contribution in [0.2, 0.25) is 0 Å². The number of fused-ring (bicyclic) bond motifs is 1. The fourth-order valence-electron chi connectivity index (χ4n) is 3.55. The van der Waals surface area contributed by atoms with Crippen molar-refractivity contribution in [2.24, 2.45) is 0 Å². The van der Waals surface area contributed by atoms with Crippen molar-refractivity contribution in [2.75, 3.05) is 13.7 Å². The van der Waals surface area contributed by atoms with Crippen LogP contribution in [0.3, 0.4) is 0 Å². The van der Waals surface area contributed by atoms with E-state index >= 15 is 0 Å². The average molecular weight is 395 g/mol. The minimum absolute atomic E-state index is 0.0302. The molecule has 0 bridgehead atoms. The number of ether oxygens (including phenoxy) is 1. The first kappa shape index (κ1) is 19.1. The molecule has 1 amide bonds. The lowest BCUT2D eigenvalue weighted by Gasteiger charge is -2.18. The smallest absolute Gasteiger partial charge is 0.349 e. The van der Waals surface area contributed by atoms with Crippen molar-refractivity contribution < 1.29 is 13.9 Å². The molecule has 0 spiro atoms. The Hall–Kier alpha value is -3.26. The van der Waals surface area contributed by atoms with Gasteiger partial charge in [0, 0.05) is 13.7 Å². The molecule has 150 valence electrons. The number of para-hydroxylation sites is 1. The van der Waals surface area contributed by atoms with Crippen LogP contribution in [0.25, 0.3) is 10.9 Å². The first-order chi connectivity index (χ1) is 13.9. The van der Waals surface area contributed by atoms with Gasteiger partial charge in [-0.25, -0.2) is 9.78 Å². The van der Waals surface area contributed by atoms with Crippen LogP contribution in [0.15, 0.2) is 44.3 Å². The average Bonchev–Trinajstić information content (AvgIpc) is 3.22. The minimum atomic E-state index is -0.688. The standard InChI is InChI=1S/C21H21N3O5/c1-12-10-16(15-8-5-9-28-15)29-21(27)18(12)20(26)24(2)11-17-22-14-7-4-3-6-13(14)19(25)23-17/h3-4,6-7,10,15H,5,8-9,11H2,1-2H3,(H,22,23,25). The number of carbonyl (C=O) groups excluding carboxylic acids is 1. The number of rotatable bonds is 4. The molecule has 1 unspecified atom stereocenters. The van der Waals surface area contributed by atoms with E-state index in [0.29, 0.717) is 34.7 Å². The monoisotopic (exact) mass is 395 g/mol. The van der Waals surface area contributed by atoms with Gasteiger partial charge in [-0.2, -0.15) is 0 Å². The molecule has 29 heavy (non-hydrogen) atoms. The summed E-state index contributed by atoms with van der Waals surface area (Å²) in [6.45, 7) is 2.38. The van der Waals surface area contributed by atoms with E-state index in [0.717, 1.165) is 12.8 Å². The number of hydrogen-bond donors (Lipinski definition) is 1. The van der Waals surface area contributed by atoms with Gasteiger partial charge in [0.25, 0.3) is 11.5 Å². The molecule has 1 aliphatic rings. The van der Waals surface area contributed by atoms with Crippen LogP contribution in [0.4, 0.5) is 0 Å². The Morgan fingerprint density at radius 3 is 2.83 bits per heavy atom. The summed E-state index contributed by atoms with van der Waals surface area (Å²) in [5.41, 5.74) is 0.0834. The third kappa shape index (κ3) is 3.71. The summed E-state index contributed by atoms with van der Waals surface area (Å²) in [6, 6.07) is 8.66. The Morgan fingerprint density at radius 2 is 2.10 bits per heavy atom. The maximum absolute atomic E-state index is 12.9. The molecule has 3 aromatic rings. The maximum atomic E-state index is 12.9. The van der Waals surface area contributed by atoms with Crippen LogP contribution in [0.5, 0.6) is 0 Å². The SMILES string of the molecule is Cc1cc(C2CCCO2)oc(=O)c1C(=O)N(C)Cc1nc2ccccc2c(=O)[nH]1. The van der Waals surface area contributed by atoms with E-state index in [4.69, 9.17) is 9.15 Å². The second-order valence-corrected chi connectivity index (χ2v) is 7.19. The maximum Gasteiger partial charge on any atom is 0.349 e. The topological polar surface area (TPSA) is 106 Å². The summed E-state index contributed by atoms with van der Waals surface area (Å²) in [5, 5.41) is 0.478. The van der Waals surface area contributed by atoms with Crippen LogP contribution < -0.4 is 11.2 Å². The van der Waals surface area contributed by atoms with Crippen LogP contribution in [-0.2, 0) is 11.3 Å². The fraction of sp³-hybridized carbons (Fsp3) is 0.333. The molecule has 1 atom stereocenters. The van der Waals surface area contributed by atoms with Gasteiger partial charge in [-0.1, -0.05) is 12.1 Å². The van der Waals surface area contributed by atoms with Gasteiger partial charge >= 0.3 is 5.63 Å². The Labute approximate surface area is 166 Å². The fourth-order valence-corrected chi connectivity index (χ4v) is 3.55. The second-order valence-electron chi connectivity index (χ2n) is 7.19. The van der Waals surface area contributed by atoms with Crippen molar-refractivity contribution in [1.82, 2.24) is 14.9 Å². The number of H-pyrrole nitrogens is 1. The zero-order chi connectivity index (χ0) is 20.5. The number of nitrogens with one attached hydrogen (secondary N) is 1. The van der Waals surface area contributed by atoms with Gasteiger partial charge in [0.05, 0.1) is 17.4 Å². The van der Waals surface area contributed by atoms with E-state index in [2.05, 4.69) is 9.97 Å². The van der Waals surface area contributed by atoms with Gasteiger partial charge in [-0.05, 0) is 43.5 Å². The zero-order valence-electron chi connectivity index (χ0n) is 16.2. The second kappa shape index (κ2) is 7.63. The van der Waals surface area contributed by atoms with E-state index in [-0.39, 0.29) is 23.8 Å². The lowest BCUT2D eigenvalue weighted by molar-refractivity contribution is 0.0764. The van der Waals surface area contributed by atoms with E-state index < -0.39 is 11.5 Å². The number of aromatic nitrogens is 2. The number of carbonyl (C=O) groups is 1. The first-order valence-corrected chi connectivity index (χ1v) is 9.43. The molecule has 1 aromatic carbocycles. The summed E-state index contributed by atoms with van der Waals surface area (Å²) in [5.74, 6) is 0.290. The van der Waals surface area contributed by atoms with Crippen molar-refractivity contribution in [2.45, 2.75) is 32.4 Å². The third-order valence-electron chi connectivity index (χ3n) is 5.02. The van der Waals surface area contributed by atoms with Gasteiger partial charge in [0.1, 0.15) is 23.3 Å². The highest BCUT2D eigenvalue weighted by molar-refractivity contribution is 5.94. The Kier molecular flexibility index (Phi) is 5.02. The summed E-state index contributed by atoms with van der Waals surface area (Å²) in [6.07, 6.45) is 1.46. The van der Waals surface area contributed by atoms with E-state index in [9.17, 15) is 14.4 Å². The largest absolute Gasteiger partial charge is 0.424 e. The molecule has 2 aromatic heterocycles. The Morgan fingerprint density at radius 1 is 1.31 bits per heavy atom. The van der Waals surface area contributed by atoms with Gasteiger partial charge in [0.2, 0.25) is 0 Å². The van der Waals surface area contributed by atoms with Crippen LogP contribution >= 0.6 is 0 Å². The quantitative estimate of drug-likeness (QED) is 0.727. The lowest BCUT2D eigenvalue weighted by Crippen LogP contribution is -2.32. The number of hydrogen-bond acceptors (Lipinski definition) is 6. The molecule has 4 rings (SSSR count). The molecular formula is C21H21N3O5. The number of benzene rings is 1. The molecule has 3 heterocycles. The molecule has 8 nitrogen and oxygen atoms in total. The molecular weight excluding hydrogens is 374 g/mol. The van der Waals surface area contributed by atoms with Crippen molar-refractivity contribution >= 4 is 16.8 Å². The van der Waals surface area contributed by atoms with Crippen molar-refractivity contribution in [3.05, 3.63) is 73.8 Å². The van der Waals surface area contributed by atoms with Gasteiger partial charge in [-0.15, -0.1) is 0 Å². The molecule has 0 radical (unpaired) electrons. The van der Waals surface area contributed by atoms with Crippen LogP contribution in [0, 0.1) is 6.92 Å². The molecule has 1 saturated heterocycles. The Bertz CT molecular complexity index is 1190. The molecule has 1 fully saturated rings. The minimum Gasteiger partial charge on any atom is -0.424 e. The van der Waals surface area contributed by atoms with E-state index in [1.54, 1.807) is 44.3 Å². The van der Waals surface area contributed by atoms with Gasteiger partial charge in [-0.3, -0.25) is 9.59 Å². The predicted molar refractivity (Wildman–Crippen MR) is 106 cm³/mol. The zero-order valence-corrected chi connectivity index (χ0v) is 16.2. The summed E-state index contributed by atoms with van der Waals surface area (Å²) >= 11 is 0. The van der Waals surface area contributed by atoms with Crippen molar-refractivity contribution in [3.8, 4) is 0 Å². The highest BCUT2D eigenvalue weighted by Gasteiger charge is 2.25. The summed E-state index contributed by atoms with van der Waals surface area (Å²) in [4.78, 5) is 46.0. The normalized spacial score (nSPS) is 16.3. The van der Waals surface area contributed by atoms with E-state index in [1.807, 2.05) is 0 Å². The number of aromatic amines is 1. The molecule has 1 N–H and O–H groups in total. The highest BCUT2D eigenvalue weighted by atomic mass is 16.5. The third-order valence-corrected chi connectivity index (χ3v) is 5.02. The Balaban J connectivity index is 1.60. The van der Waals surface area contributed by atoms with Crippen molar-refractivity contribution in [3.63, 3.8) is 0 Å². The van der Waals surface area contributed by atoms with E-state index in [1.165, 1.54) is 4.90 Å². The van der Waals surface area contributed by atoms with Gasteiger partial charge in [0.15, 0.2) is 0 Å². The predicted octanol–water partition coefficient (Wildman–Crippen LogP) is 2.31.